The van der Waals surface area contributed by atoms with E-state index in [1.165, 1.54) is 0 Å². The minimum Gasteiger partial charge on any atom is -0.355 e. The van der Waals surface area contributed by atoms with Gasteiger partial charge in [0.25, 0.3) is 0 Å². The van der Waals surface area contributed by atoms with Crippen molar-refractivity contribution in [2.24, 2.45) is 5.92 Å². The van der Waals surface area contributed by atoms with E-state index in [1.54, 1.807) is 0 Å². The van der Waals surface area contributed by atoms with Gasteiger partial charge in [-0.1, -0.05) is 6.42 Å². The first-order chi connectivity index (χ1) is 6.49. The van der Waals surface area contributed by atoms with E-state index in [9.17, 15) is 13.2 Å². The van der Waals surface area contributed by atoms with E-state index >= 15 is 0 Å². The molecule has 0 saturated heterocycles. The van der Waals surface area contributed by atoms with Gasteiger partial charge in [0.05, 0.1) is 6.26 Å². The van der Waals surface area contributed by atoms with Crippen LogP contribution in [-0.2, 0) is 14.8 Å². The highest BCUT2D eigenvalue weighted by molar-refractivity contribution is 7.88. The fourth-order valence-corrected chi connectivity index (χ4v) is 1.71. The van der Waals surface area contributed by atoms with Crippen molar-refractivity contribution in [1.29, 1.82) is 0 Å². The molecule has 0 aromatic carbocycles. The molecular weight excluding hydrogens is 204 g/mol. The maximum atomic E-state index is 11.3. The fourth-order valence-electron chi connectivity index (χ4n) is 1.24. The predicted molar refractivity (Wildman–Crippen MR) is 53.2 cm³/mol. The first-order valence-electron chi connectivity index (χ1n) is 4.71. The van der Waals surface area contributed by atoms with Crippen molar-refractivity contribution in [3.63, 3.8) is 0 Å². The van der Waals surface area contributed by atoms with Crippen LogP contribution in [0, 0.1) is 5.92 Å². The van der Waals surface area contributed by atoms with E-state index < -0.39 is 10.0 Å². The van der Waals surface area contributed by atoms with Crippen LogP contribution in [0.15, 0.2) is 0 Å². The lowest BCUT2D eigenvalue weighted by molar-refractivity contribution is -0.127. The van der Waals surface area contributed by atoms with Gasteiger partial charge >= 0.3 is 0 Å². The van der Waals surface area contributed by atoms with Gasteiger partial charge in [0.2, 0.25) is 15.9 Å². The number of amides is 1. The first kappa shape index (κ1) is 11.5. The van der Waals surface area contributed by atoms with Gasteiger partial charge in [0, 0.05) is 19.0 Å². The summed E-state index contributed by atoms with van der Waals surface area (Å²) < 4.78 is 23.6. The summed E-state index contributed by atoms with van der Waals surface area (Å²) in [6.07, 6.45) is 4.15. The molecule has 0 heterocycles. The standard InChI is InChI=1S/C8H16N2O3S/c1-14(12,13)10-6-5-9-8(11)7-3-2-4-7/h7,10H,2-6H2,1H3,(H,9,11). The summed E-state index contributed by atoms with van der Waals surface area (Å²) in [5.74, 6) is 0.208. The molecule has 1 saturated carbocycles. The highest BCUT2D eigenvalue weighted by Crippen LogP contribution is 2.25. The number of nitrogens with one attached hydrogen (secondary N) is 2. The van der Waals surface area contributed by atoms with Gasteiger partial charge in [-0.15, -0.1) is 0 Å². The summed E-state index contributed by atoms with van der Waals surface area (Å²) in [4.78, 5) is 11.3. The predicted octanol–water partition coefficient (Wildman–Crippen LogP) is -0.548. The number of hydrogen-bond donors (Lipinski definition) is 2. The third kappa shape index (κ3) is 4.06. The molecule has 0 aromatic heterocycles. The second kappa shape index (κ2) is 4.75. The number of hydrogen-bond acceptors (Lipinski definition) is 3. The highest BCUT2D eigenvalue weighted by Gasteiger charge is 2.24. The second-order valence-corrected chi connectivity index (χ2v) is 5.42. The molecule has 0 bridgehead atoms. The minimum absolute atomic E-state index is 0.0477. The molecule has 0 atom stereocenters. The zero-order valence-corrected chi connectivity index (χ0v) is 9.06. The Labute approximate surface area is 84.3 Å². The lowest BCUT2D eigenvalue weighted by Gasteiger charge is -2.23. The van der Waals surface area contributed by atoms with E-state index in [0.29, 0.717) is 6.54 Å². The van der Waals surface area contributed by atoms with E-state index in [1.807, 2.05) is 0 Å². The molecular formula is C8H16N2O3S. The molecule has 82 valence electrons. The lowest BCUT2D eigenvalue weighted by Crippen LogP contribution is -2.39. The highest BCUT2D eigenvalue weighted by atomic mass is 32.2. The number of carbonyl (C=O) groups excluding carboxylic acids is 1. The Kier molecular flexibility index (Phi) is 3.88. The van der Waals surface area contributed by atoms with E-state index in [2.05, 4.69) is 10.0 Å². The fraction of sp³-hybridized carbons (Fsp3) is 0.875. The molecule has 2 N–H and O–H groups in total. The Hall–Kier alpha value is -0.620. The minimum atomic E-state index is -3.14. The van der Waals surface area contributed by atoms with Gasteiger partial charge in [-0.3, -0.25) is 4.79 Å². The van der Waals surface area contributed by atoms with E-state index in [0.717, 1.165) is 25.5 Å². The molecule has 0 aliphatic heterocycles. The van der Waals surface area contributed by atoms with Gasteiger partial charge in [-0.25, -0.2) is 13.1 Å². The Morgan fingerprint density at radius 2 is 2.00 bits per heavy atom. The SMILES string of the molecule is CS(=O)(=O)NCCNC(=O)C1CCC1. The van der Waals surface area contributed by atoms with Crippen LogP contribution in [-0.4, -0.2) is 33.7 Å². The maximum Gasteiger partial charge on any atom is 0.223 e. The molecule has 1 aliphatic carbocycles. The summed E-state index contributed by atoms with van der Waals surface area (Å²) in [5, 5.41) is 2.69. The Morgan fingerprint density at radius 3 is 2.43 bits per heavy atom. The summed E-state index contributed by atoms with van der Waals surface area (Å²) in [7, 11) is -3.14. The molecule has 1 rings (SSSR count). The molecule has 0 radical (unpaired) electrons. The number of carbonyl (C=O) groups is 1. The van der Waals surface area contributed by atoms with Crippen LogP contribution in [0.2, 0.25) is 0 Å². The van der Waals surface area contributed by atoms with Crippen LogP contribution >= 0.6 is 0 Å². The van der Waals surface area contributed by atoms with Gasteiger partial charge in [-0.05, 0) is 12.8 Å². The Morgan fingerprint density at radius 1 is 1.36 bits per heavy atom. The summed E-state index contributed by atoms with van der Waals surface area (Å²) in [6, 6.07) is 0. The number of sulfonamides is 1. The second-order valence-electron chi connectivity index (χ2n) is 3.59. The Bertz CT molecular complexity index is 296. The summed E-state index contributed by atoms with van der Waals surface area (Å²) in [5.41, 5.74) is 0. The third-order valence-corrected chi connectivity index (χ3v) is 2.99. The average molecular weight is 220 g/mol. The van der Waals surface area contributed by atoms with Crippen molar-refractivity contribution >= 4 is 15.9 Å². The van der Waals surface area contributed by atoms with Crippen molar-refractivity contribution in [3.8, 4) is 0 Å². The molecule has 5 nitrogen and oxygen atoms in total. The molecule has 1 aliphatic rings. The summed E-state index contributed by atoms with van der Waals surface area (Å²) in [6.45, 7) is 0.625. The van der Waals surface area contributed by atoms with Crippen LogP contribution in [0.5, 0.6) is 0 Å². The maximum absolute atomic E-state index is 11.3. The van der Waals surface area contributed by atoms with Crippen LogP contribution in [0.1, 0.15) is 19.3 Å². The normalized spacial score (nSPS) is 17.5. The van der Waals surface area contributed by atoms with Crippen molar-refractivity contribution in [3.05, 3.63) is 0 Å². The smallest absolute Gasteiger partial charge is 0.223 e. The molecule has 1 amide bonds. The van der Waals surface area contributed by atoms with Crippen LogP contribution in [0.25, 0.3) is 0 Å². The molecule has 0 spiro atoms. The van der Waals surface area contributed by atoms with E-state index in [4.69, 9.17) is 0 Å². The molecule has 0 aromatic rings. The molecule has 0 unspecified atom stereocenters. The molecule has 6 heteroatoms. The molecule has 14 heavy (non-hydrogen) atoms. The molecule has 1 fully saturated rings. The zero-order valence-electron chi connectivity index (χ0n) is 8.25. The monoisotopic (exact) mass is 220 g/mol. The van der Waals surface area contributed by atoms with Crippen molar-refractivity contribution in [2.45, 2.75) is 19.3 Å². The van der Waals surface area contributed by atoms with Crippen molar-refractivity contribution in [1.82, 2.24) is 10.0 Å². The van der Waals surface area contributed by atoms with Gasteiger partial charge < -0.3 is 5.32 Å². The zero-order chi connectivity index (χ0) is 10.6. The van der Waals surface area contributed by atoms with Crippen LogP contribution in [0.4, 0.5) is 0 Å². The first-order valence-corrected chi connectivity index (χ1v) is 6.60. The van der Waals surface area contributed by atoms with E-state index in [-0.39, 0.29) is 18.4 Å². The lowest BCUT2D eigenvalue weighted by atomic mass is 9.85. The average Bonchev–Trinajstić information content (AvgIpc) is 1.92. The quantitative estimate of drug-likeness (QED) is 0.611. The van der Waals surface area contributed by atoms with Crippen LogP contribution < -0.4 is 10.0 Å². The summed E-state index contributed by atoms with van der Waals surface area (Å²) >= 11 is 0. The van der Waals surface area contributed by atoms with Crippen molar-refractivity contribution < 1.29 is 13.2 Å². The number of rotatable bonds is 5. The Balaban J connectivity index is 2.06. The topological polar surface area (TPSA) is 75.3 Å². The van der Waals surface area contributed by atoms with Crippen LogP contribution in [0.3, 0.4) is 0 Å². The van der Waals surface area contributed by atoms with Gasteiger partial charge in [0.15, 0.2) is 0 Å². The van der Waals surface area contributed by atoms with Gasteiger partial charge in [-0.2, -0.15) is 0 Å². The third-order valence-electron chi connectivity index (χ3n) is 2.26. The largest absolute Gasteiger partial charge is 0.355 e. The van der Waals surface area contributed by atoms with Gasteiger partial charge in [0.1, 0.15) is 0 Å². The van der Waals surface area contributed by atoms with Crippen molar-refractivity contribution in [2.75, 3.05) is 19.3 Å².